The zero-order valence-corrected chi connectivity index (χ0v) is 16.6. The Morgan fingerprint density at radius 2 is 2.00 bits per heavy atom. The average molecular weight is 412 g/mol. The summed E-state index contributed by atoms with van der Waals surface area (Å²) in [5.74, 6) is -0.323. The van der Waals surface area contributed by atoms with Crippen LogP contribution in [-0.4, -0.2) is 22.9 Å². The number of rotatable bonds is 4. The lowest BCUT2D eigenvalue weighted by molar-refractivity contribution is -0.117. The van der Waals surface area contributed by atoms with E-state index in [0.29, 0.717) is 40.6 Å². The number of hydrogen-bond donors (Lipinski definition) is 0. The molecule has 28 heavy (non-hydrogen) atoms. The summed E-state index contributed by atoms with van der Waals surface area (Å²) in [6.45, 7) is 1.26. The molecule has 0 bridgehead atoms. The fourth-order valence-corrected chi connectivity index (χ4v) is 4.14. The third kappa shape index (κ3) is 3.93. The molecule has 0 N–H and O–H groups in total. The zero-order chi connectivity index (χ0) is 19.5. The molecule has 7 heteroatoms. The van der Waals surface area contributed by atoms with E-state index in [1.165, 1.54) is 11.3 Å². The van der Waals surface area contributed by atoms with Crippen LogP contribution in [0.2, 0.25) is 5.02 Å². The number of nitrogens with zero attached hydrogens (tertiary/aromatic N) is 3. The van der Waals surface area contributed by atoms with Crippen LogP contribution in [0.4, 0.5) is 5.69 Å². The molecule has 0 atom stereocenters. The molecule has 0 spiro atoms. The van der Waals surface area contributed by atoms with Gasteiger partial charge >= 0.3 is 0 Å². The minimum absolute atomic E-state index is 0.0300. The highest BCUT2D eigenvalue weighted by Gasteiger charge is 2.24. The molecule has 5 nitrogen and oxygen atoms in total. The van der Waals surface area contributed by atoms with E-state index < -0.39 is 0 Å². The summed E-state index contributed by atoms with van der Waals surface area (Å²) in [7, 11) is 0. The summed E-state index contributed by atoms with van der Waals surface area (Å²) < 4.78 is 1.94. The van der Waals surface area contributed by atoms with E-state index in [9.17, 15) is 9.59 Å². The molecule has 0 aliphatic carbocycles. The molecule has 1 fully saturated rings. The first-order valence-corrected chi connectivity index (χ1v) is 10.2. The van der Waals surface area contributed by atoms with Gasteiger partial charge < -0.3 is 9.47 Å². The van der Waals surface area contributed by atoms with Crippen molar-refractivity contribution in [1.82, 2.24) is 4.57 Å². The monoisotopic (exact) mass is 411 g/mol. The van der Waals surface area contributed by atoms with E-state index in [-0.39, 0.29) is 11.8 Å². The van der Waals surface area contributed by atoms with Crippen LogP contribution < -0.4 is 9.70 Å². The van der Waals surface area contributed by atoms with Gasteiger partial charge in [-0.1, -0.05) is 41.9 Å². The summed E-state index contributed by atoms with van der Waals surface area (Å²) in [6, 6.07) is 15.0. The number of benzene rings is 2. The van der Waals surface area contributed by atoms with E-state index >= 15 is 0 Å². The normalized spacial score (nSPS) is 14.7. The molecule has 0 radical (unpaired) electrons. The molecular weight excluding hydrogens is 394 g/mol. The molecule has 1 aliphatic rings. The predicted octanol–water partition coefficient (Wildman–Crippen LogP) is 4.12. The highest BCUT2D eigenvalue weighted by Crippen LogP contribution is 2.30. The Bertz CT molecular complexity index is 1090. The zero-order valence-electron chi connectivity index (χ0n) is 15.0. The van der Waals surface area contributed by atoms with Gasteiger partial charge in [-0.3, -0.25) is 9.59 Å². The second-order valence-electron chi connectivity index (χ2n) is 6.53. The number of halogens is 1. The Balaban J connectivity index is 1.63. The minimum Gasteiger partial charge on any atom is -0.319 e. The number of hydrogen-bond acceptors (Lipinski definition) is 3. The number of thiazole rings is 1. The lowest BCUT2D eigenvalue weighted by Crippen LogP contribution is -2.24. The van der Waals surface area contributed by atoms with Gasteiger partial charge in [-0.05, 0) is 30.2 Å². The van der Waals surface area contributed by atoms with Crippen molar-refractivity contribution in [2.45, 2.75) is 19.4 Å². The van der Waals surface area contributed by atoms with Crippen molar-refractivity contribution in [2.24, 2.45) is 4.99 Å². The van der Waals surface area contributed by atoms with Crippen LogP contribution in [-0.2, 0) is 11.3 Å². The highest BCUT2D eigenvalue weighted by atomic mass is 35.5. The molecule has 0 unspecified atom stereocenters. The van der Waals surface area contributed by atoms with Gasteiger partial charge in [0, 0.05) is 36.7 Å². The Labute approximate surface area is 171 Å². The van der Waals surface area contributed by atoms with E-state index in [0.717, 1.165) is 12.0 Å². The topological polar surface area (TPSA) is 54.7 Å². The third-order valence-corrected chi connectivity index (χ3v) is 5.72. The molecule has 2 heterocycles. The molecule has 0 saturated carbocycles. The molecule has 2 amide bonds. The Hall–Kier alpha value is -2.70. The van der Waals surface area contributed by atoms with Crippen LogP contribution in [0, 0.1) is 0 Å². The van der Waals surface area contributed by atoms with E-state index in [2.05, 4.69) is 4.99 Å². The Kier molecular flexibility index (Phi) is 5.41. The number of aromatic nitrogens is 1. The molecule has 1 aliphatic heterocycles. The number of carbonyl (C=O) groups is 2. The van der Waals surface area contributed by atoms with Crippen LogP contribution in [0.25, 0.3) is 0 Å². The van der Waals surface area contributed by atoms with Gasteiger partial charge in [0.25, 0.3) is 5.91 Å². The maximum atomic E-state index is 12.8. The van der Waals surface area contributed by atoms with Crippen molar-refractivity contribution in [3.63, 3.8) is 0 Å². The van der Waals surface area contributed by atoms with Gasteiger partial charge in [0.15, 0.2) is 4.80 Å². The quantitative estimate of drug-likeness (QED) is 0.648. The predicted molar refractivity (Wildman–Crippen MR) is 111 cm³/mol. The lowest BCUT2D eigenvalue weighted by atomic mass is 10.2. The van der Waals surface area contributed by atoms with Crippen molar-refractivity contribution >= 4 is 40.4 Å². The molecule has 3 aromatic rings. The van der Waals surface area contributed by atoms with Gasteiger partial charge in [-0.2, -0.15) is 4.99 Å². The van der Waals surface area contributed by atoms with Crippen LogP contribution >= 0.6 is 22.9 Å². The molecule has 142 valence electrons. The number of anilines is 1. The van der Waals surface area contributed by atoms with Crippen molar-refractivity contribution in [3.05, 3.63) is 81.1 Å². The fraction of sp³-hybridized carbons (Fsp3) is 0.190. The number of carbonyl (C=O) groups excluding carboxylic acids is 2. The largest absolute Gasteiger partial charge is 0.319 e. The van der Waals surface area contributed by atoms with Gasteiger partial charge in [0.2, 0.25) is 5.91 Å². The van der Waals surface area contributed by atoms with Crippen LogP contribution in [0.5, 0.6) is 0 Å². The maximum Gasteiger partial charge on any atom is 0.279 e. The smallest absolute Gasteiger partial charge is 0.279 e. The van der Waals surface area contributed by atoms with Crippen LogP contribution in [0.3, 0.4) is 0 Å². The summed E-state index contributed by atoms with van der Waals surface area (Å²) in [5, 5.41) is 2.37. The van der Waals surface area contributed by atoms with E-state index in [4.69, 9.17) is 11.6 Å². The van der Waals surface area contributed by atoms with Crippen molar-refractivity contribution in [3.8, 4) is 0 Å². The lowest BCUT2D eigenvalue weighted by Gasteiger charge is -2.17. The fourth-order valence-electron chi connectivity index (χ4n) is 3.19. The SMILES string of the molecule is O=C(N=c1sccn1Cc1ccccc1)c1ccc(Cl)c(N2CCCC2=O)c1. The summed E-state index contributed by atoms with van der Waals surface area (Å²) in [5.41, 5.74) is 2.13. The van der Waals surface area contributed by atoms with E-state index in [1.54, 1.807) is 23.1 Å². The van der Waals surface area contributed by atoms with Gasteiger partial charge in [0.05, 0.1) is 10.7 Å². The van der Waals surface area contributed by atoms with Crippen LogP contribution in [0.1, 0.15) is 28.8 Å². The Morgan fingerprint density at radius 1 is 1.18 bits per heavy atom. The molecule has 1 saturated heterocycles. The average Bonchev–Trinajstić information content (AvgIpc) is 3.32. The molecule has 4 rings (SSSR count). The maximum absolute atomic E-state index is 12.8. The van der Waals surface area contributed by atoms with Crippen molar-refractivity contribution < 1.29 is 9.59 Å². The van der Waals surface area contributed by atoms with Gasteiger partial charge in [0.1, 0.15) is 0 Å². The number of amides is 2. The van der Waals surface area contributed by atoms with Gasteiger partial charge in [-0.25, -0.2) is 0 Å². The molecule has 2 aromatic carbocycles. The first-order chi connectivity index (χ1) is 13.6. The second kappa shape index (κ2) is 8.12. The first-order valence-electron chi connectivity index (χ1n) is 8.98. The van der Waals surface area contributed by atoms with E-state index in [1.807, 2.05) is 46.5 Å². The van der Waals surface area contributed by atoms with Crippen molar-refractivity contribution in [2.75, 3.05) is 11.4 Å². The van der Waals surface area contributed by atoms with Gasteiger partial charge in [-0.15, -0.1) is 11.3 Å². The summed E-state index contributed by atoms with van der Waals surface area (Å²) in [6.07, 6.45) is 3.22. The molecular formula is C21H18ClN3O2S. The summed E-state index contributed by atoms with van der Waals surface area (Å²) >= 11 is 7.68. The highest BCUT2D eigenvalue weighted by molar-refractivity contribution is 7.07. The third-order valence-electron chi connectivity index (χ3n) is 4.61. The first kappa shape index (κ1) is 18.7. The standard InChI is InChI=1S/C21H18ClN3O2S/c22-17-9-8-16(13-18(17)25-10-4-7-19(25)26)20(27)23-21-24(11-12-28-21)14-15-5-2-1-3-6-15/h1-3,5-6,8-9,11-13H,4,7,10,14H2. The minimum atomic E-state index is -0.353. The Morgan fingerprint density at radius 3 is 2.75 bits per heavy atom. The van der Waals surface area contributed by atoms with Crippen LogP contribution in [0.15, 0.2) is 65.1 Å². The van der Waals surface area contributed by atoms with Crippen molar-refractivity contribution in [1.29, 1.82) is 0 Å². The summed E-state index contributed by atoms with van der Waals surface area (Å²) in [4.78, 5) is 31.4. The molecule has 1 aromatic heterocycles. The second-order valence-corrected chi connectivity index (χ2v) is 7.81.